The van der Waals surface area contributed by atoms with Gasteiger partial charge in [-0.05, 0) is 35.4 Å². The van der Waals surface area contributed by atoms with Gasteiger partial charge in [-0.3, -0.25) is 14.9 Å². The number of nitrogens with zero attached hydrogens (tertiary/aromatic N) is 6. The first kappa shape index (κ1) is 13.9. The first-order chi connectivity index (χ1) is 10.8. The van der Waals surface area contributed by atoms with Crippen molar-refractivity contribution in [3.63, 3.8) is 0 Å². The predicted molar refractivity (Wildman–Crippen MR) is 76.2 cm³/mol. The van der Waals surface area contributed by atoms with Crippen molar-refractivity contribution < 1.29 is 4.79 Å². The number of hydrogen-bond acceptors (Lipinski definition) is 6. The summed E-state index contributed by atoms with van der Waals surface area (Å²) in [6, 6.07) is 5.79. The zero-order chi connectivity index (χ0) is 15.2. The number of carbonyl (C=O) groups is 1. The number of tetrazole rings is 1. The highest BCUT2D eigenvalue weighted by atomic mass is 16.1. The lowest BCUT2D eigenvalue weighted by molar-refractivity contribution is 0.0953. The van der Waals surface area contributed by atoms with Crippen molar-refractivity contribution in [2.45, 2.75) is 12.8 Å². The van der Waals surface area contributed by atoms with Gasteiger partial charge in [-0.15, -0.1) is 5.10 Å². The molecule has 9 heteroatoms. The normalized spacial score (nSPS) is 10.5. The summed E-state index contributed by atoms with van der Waals surface area (Å²) >= 11 is 0. The second kappa shape index (κ2) is 6.57. The Morgan fingerprint density at radius 2 is 2.32 bits per heavy atom. The van der Waals surface area contributed by atoms with Crippen molar-refractivity contribution in [2.24, 2.45) is 0 Å². The number of aromatic nitrogens is 7. The van der Waals surface area contributed by atoms with E-state index in [1.807, 2.05) is 18.2 Å². The molecule has 3 heterocycles. The molecule has 112 valence electrons. The number of aromatic amines is 1. The van der Waals surface area contributed by atoms with Crippen LogP contribution in [0.4, 0.5) is 0 Å². The van der Waals surface area contributed by atoms with Crippen molar-refractivity contribution >= 4 is 5.91 Å². The first-order valence-electron chi connectivity index (χ1n) is 6.79. The van der Waals surface area contributed by atoms with Gasteiger partial charge < -0.3 is 5.32 Å². The van der Waals surface area contributed by atoms with E-state index in [1.54, 1.807) is 6.20 Å². The summed E-state index contributed by atoms with van der Waals surface area (Å²) in [7, 11) is 0. The molecule has 22 heavy (non-hydrogen) atoms. The standard InChI is InChI=1S/C13H14N8O/c22-13(15-7-3-5-10-4-1-2-6-14-10)11-8-16-18-12(11)21-9-17-19-20-21/h1-2,4,6,8-9H,3,5,7H2,(H,15,22)(H,16,18). The molecular formula is C13H14N8O. The lowest BCUT2D eigenvalue weighted by Crippen LogP contribution is -2.25. The van der Waals surface area contributed by atoms with E-state index in [1.165, 1.54) is 17.2 Å². The Morgan fingerprint density at radius 3 is 3.09 bits per heavy atom. The SMILES string of the molecule is O=C(NCCCc1ccccn1)c1cn[nH]c1-n1cnnn1. The van der Waals surface area contributed by atoms with Gasteiger partial charge in [-0.1, -0.05) is 6.07 Å². The van der Waals surface area contributed by atoms with Gasteiger partial charge >= 0.3 is 0 Å². The number of hydrogen-bond donors (Lipinski definition) is 2. The van der Waals surface area contributed by atoms with E-state index in [0.29, 0.717) is 17.9 Å². The van der Waals surface area contributed by atoms with Crippen LogP contribution in [0.5, 0.6) is 0 Å². The molecule has 1 amide bonds. The average molecular weight is 298 g/mol. The van der Waals surface area contributed by atoms with Gasteiger partial charge in [0.2, 0.25) is 0 Å². The molecule has 0 unspecified atom stereocenters. The van der Waals surface area contributed by atoms with Crippen LogP contribution in [0, 0.1) is 0 Å². The first-order valence-corrected chi connectivity index (χ1v) is 6.79. The van der Waals surface area contributed by atoms with Crippen LogP contribution < -0.4 is 5.32 Å². The minimum Gasteiger partial charge on any atom is -0.352 e. The number of H-pyrrole nitrogens is 1. The Balaban J connectivity index is 1.54. The molecular weight excluding hydrogens is 284 g/mol. The molecule has 0 aliphatic rings. The van der Waals surface area contributed by atoms with Crippen LogP contribution in [0.15, 0.2) is 36.9 Å². The Hall–Kier alpha value is -3.10. The van der Waals surface area contributed by atoms with E-state index >= 15 is 0 Å². The smallest absolute Gasteiger partial charge is 0.256 e. The van der Waals surface area contributed by atoms with E-state index in [2.05, 4.69) is 36.0 Å². The summed E-state index contributed by atoms with van der Waals surface area (Å²) in [4.78, 5) is 16.4. The third kappa shape index (κ3) is 3.14. The molecule has 0 atom stereocenters. The number of carbonyl (C=O) groups excluding carboxylic acids is 1. The maximum absolute atomic E-state index is 12.2. The third-order valence-corrected chi connectivity index (χ3v) is 3.06. The monoisotopic (exact) mass is 298 g/mol. The molecule has 3 aromatic rings. The summed E-state index contributed by atoms with van der Waals surface area (Å²) in [6.45, 7) is 0.551. The summed E-state index contributed by atoms with van der Waals surface area (Å²) in [5, 5.41) is 20.2. The highest BCUT2D eigenvalue weighted by molar-refractivity contribution is 5.96. The topological polar surface area (TPSA) is 114 Å². The highest BCUT2D eigenvalue weighted by Gasteiger charge is 2.15. The molecule has 0 bridgehead atoms. The fourth-order valence-electron chi connectivity index (χ4n) is 2.00. The minimum atomic E-state index is -0.222. The second-order valence-electron chi connectivity index (χ2n) is 4.57. The molecule has 3 aromatic heterocycles. The van der Waals surface area contributed by atoms with Crippen LogP contribution in [0.1, 0.15) is 22.5 Å². The molecule has 9 nitrogen and oxygen atoms in total. The van der Waals surface area contributed by atoms with Crippen molar-refractivity contribution in [3.05, 3.63) is 48.2 Å². The van der Waals surface area contributed by atoms with E-state index in [4.69, 9.17) is 0 Å². The summed E-state index contributed by atoms with van der Waals surface area (Å²) in [5.74, 6) is 0.215. The maximum Gasteiger partial charge on any atom is 0.256 e. The quantitative estimate of drug-likeness (QED) is 0.626. The average Bonchev–Trinajstić information content (AvgIpc) is 3.22. The van der Waals surface area contributed by atoms with E-state index in [-0.39, 0.29) is 5.91 Å². The largest absolute Gasteiger partial charge is 0.352 e. The fourth-order valence-corrected chi connectivity index (χ4v) is 2.00. The zero-order valence-corrected chi connectivity index (χ0v) is 11.7. The molecule has 0 saturated heterocycles. The van der Waals surface area contributed by atoms with Gasteiger partial charge in [0.15, 0.2) is 5.82 Å². The Kier molecular flexibility index (Phi) is 4.14. The Labute approximate surface area is 125 Å². The Bertz CT molecular complexity index is 722. The van der Waals surface area contributed by atoms with Gasteiger partial charge in [0.05, 0.1) is 6.20 Å². The molecule has 0 spiro atoms. The fraction of sp³-hybridized carbons (Fsp3) is 0.231. The van der Waals surface area contributed by atoms with E-state index in [0.717, 1.165) is 18.5 Å². The number of aryl methyl sites for hydroxylation is 1. The van der Waals surface area contributed by atoms with Crippen LogP contribution in [-0.4, -0.2) is 47.8 Å². The van der Waals surface area contributed by atoms with Crippen LogP contribution >= 0.6 is 0 Å². The van der Waals surface area contributed by atoms with Crippen LogP contribution in [0.25, 0.3) is 5.82 Å². The van der Waals surface area contributed by atoms with Crippen molar-refractivity contribution in [1.82, 2.24) is 40.7 Å². The number of nitrogens with one attached hydrogen (secondary N) is 2. The van der Waals surface area contributed by atoms with E-state index in [9.17, 15) is 4.79 Å². The molecule has 0 fully saturated rings. The van der Waals surface area contributed by atoms with Crippen molar-refractivity contribution in [2.75, 3.05) is 6.54 Å². The summed E-state index contributed by atoms with van der Waals surface area (Å²) in [6.07, 6.45) is 6.22. The minimum absolute atomic E-state index is 0.222. The highest BCUT2D eigenvalue weighted by Crippen LogP contribution is 2.08. The van der Waals surface area contributed by atoms with Gasteiger partial charge in [-0.2, -0.15) is 9.78 Å². The predicted octanol–water partition coefficient (Wildman–Crippen LogP) is 0.143. The number of rotatable bonds is 6. The molecule has 3 rings (SSSR count). The molecule has 0 aromatic carbocycles. The molecule has 0 radical (unpaired) electrons. The van der Waals surface area contributed by atoms with Crippen molar-refractivity contribution in [1.29, 1.82) is 0 Å². The number of pyridine rings is 1. The lowest BCUT2D eigenvalue weighted by atomic mass is 10.2. The van der Waals surface area contributed by atoms with Gasteiger partial charge in [0.25, 0.3) is 5.91 Å². The van der Waals surface area contributed by atoms with Crippen LogP contribution in [0.3, 0.4) is 0 Å². The Morgan fingerprint density at radius 1 is 1.36 bits per heavy atom. The lowest BCUT2D eigenvalue weighted by Gasteiger charge is -2.05. The molecule has 0 aliphatic heterocycles. The molecule has 0 saturated carbocycles. The number of amides is 1. The van der Waals surface area contributed by atoms with Crippen molar-refractivity contribution in [3.8, 4) is 5.82 Å². The zero-order valence-electron chi connectivity index (χ0n) is 11.7. The van der Waals surface area contributed by atoms with Gasteiger partial charge in [0.1, 0.15) is 11.9 Å². The third-order valence-electron chi connectivity index (χ3n) is 3.06. The molecule has 2 N–H and O–H groups in total. The van der Waals surface area contributed by atoms with Gasteiger partial charge in [-0.25, -0.2) is 0 Å². The van der Waals surface area contributed by atoms with E-state index < -0.39 is 0 Å². The maximum atomic E-state index is 12.2. The van der Waals surface area contributed by atoms with Crippen LogP contribution in [-0.2, 0) is 6.42 Å². The summed E-state index contributed by atoms with van der Waals surface area (Å²) in [5.41, 5.74) is 1.40. The van der Waals surface area contributed by atoms with Crippen LogP contribution in [0.2, 0.25) is 0 Å². The second-order valence-corrected chi connectivity index (χ2v) is 4.57. The summed E-state index contributed by atoms with van der Waals surface area (Å²) < 4.78 is 1.36. The van der Waals surface area contributed by atoms with Gasteiger partial charge in [0, 0.05) is 18.4 Å². The molecule has 0 aliphatic carbocycles.